The third-order valence-corrected chi connectivity index (χ3v) is 4.99. The highest BCUT2D eigenvalue weighted by Crippen LogP contribution is 2.23. The first-order valence-corrected chi connectivity index (χ1v) is 7.76. The molecule has 19 heavy (non-hydrogen) atoms. The van der Waals surface area contributed by atoms with Crippen LogP contribution in [0.15, 0.2) is 27.7 Å². The minimum atomic E-state index is -3.55. The highest BCUT2D eigenvalue weighted by atomic mass is 32.2. The second kappa shape index (κ2) is 5.66. The fourth-order valence-electron chi connectivity index (χ4n) is 1.91. The smallest absolute Gasteiger partial charge is 0.243 e. The van der Waals surface area contributed by atoms with Crippen LogP contribution in [0.3, 0.4) is 0 Å². The molecule has 0 radical (unpaired) electrons. The fraction of sp³-hybridized carbons (Fsp3) is 0.500. The Labute approximate surface area is 112 Å². The first kappa shape index (κ1) is 14.0. The molecule has 0 aliphatic heterocycles. The molecule has 0 amide bonds. The summed E-state index contributed by atoms with van der Waals surface area (Å²) in [6.07, 6.45) is 1.78. The van der Waals surface area contributed by atoms with Crippen LogP contribution in [-0.2, 0) is 10.0 Å². The Kier molecular flexibility index (Phi) is 4.16. The Bertz CT molecular complexity index is 651. The third kappa shape index (κ3) is 2.62. The number of aromatic nitrogens is 2. The largest absolute Gasteiger partial charge is 0.245 e. The van der Waals surface area contributed by atoms with Gasteiger partial charge in [0, 0.05) is 13.1 Å². The van der Waals surface area contributed by atoms with Crippen LogP contribution in [0.5, 0.6) is 0 Å². The summed E-state index contributed by atoms with van der Waals surface area (Å²) in [4.78, 5) is 0.157. The molecule has 0 fully saturated rings. The Morgan fingerprint density at radius 1 is 1.26 bits per heavy atom. The van der Waals surface area contributed by atoms with Gasteiger partial charge in [-0.05, 0) is 28.9 Å². The van der Waals surface area contributed by atoms with Crippen molar-refractivity contribution in [3.05, 3.63) is 18.2 Å². The molecule has 0 saturated carbocycles. The molecular weight excluding hydrogens is 266 g/mol. The van der Waals surface area contributed by atoms with Gasteiger partial charge in [-0.2, -0.15) is 4.31 Å². The number of benzene rings is 1. The molecule has 7 heteroatoms. The van der Waals surface area contributed by atoms with E-state index in [0.29, 0.717) is 18.6 Å². The average Bonchev–Trinajstić information content (AvgIpc) is 2.87. The Hall–Kier alpha value is -1.47. The zero-order chi connectivity index (χ0) is 13.9. The number of rotatable bonds is 6. The predicted molar refractivity (Wildman–Crippen MR) is 71.1 cm³/mol. The monoisotopic (exact) mass is 283 g/mol. The molecule has 104 valence electrons. The normalized spacial score (nSPS) is 12.4. The van der Waals surface area contributed by atoms with E-state index >= 15 is 0 Å². The number of sulfonamides is 1. The van der Waals surface area contributed by atoms with Gasteiger partial charge in [0.05, 0.1) is 0 Å². The lowest BCUT2D eigenvalue weighted by atomic mass is 10.3. The van der Waals surface area contributed by atoms with Crippen LogP contribution in [-0.4, -0.2) is 36.1 Å². The maximum absolute atomic E-state index is 12.6. The number of unbranched alkanes of at least 4 members (excludes halogenated alkanes) is 1. The number of hydrogen-bond acceptors (Lipinski definition) is 5. The summed E-state index contributed by atoms with van der Waals surface area (Å²) in [6, 6.07) is 4.86. The van der Waals surface area contributed by atoms with Gasteiger partial charge in [0.15, 0.2) is 5.52 Å². The zero-order valence-corrected chi connectivity index (χ0v) is 11.9. The molecule has 1 aromatic heterocycles. The van der Waals surface area contributed by atoms with E-state index in [-0.39, 0.29) is 10.4 Å². The van der Waals surface area contributed by atoms with Crippen LogP contribution in [0.2, 0.25) is 0 Å². The highest BCUT2D eigenvalue weighted by Gasteiger charge is 2.26. The minimum Gasteiger partial charge on any atom is -0.243 e. The van der Waals surface area contributed by atoms with E-state index in [1.807, 2.05) is 13.8 Å². The summed E-state index contributed by atoms with van der Waals surface area (Å²) < 4.78 is 31.3. The van der Waals surface area contributed by atoms with Gasteiger partial charge in [0.1, 0.15) is 10.4 Å². The summed E-state index contributed by atoms with van der Waals surface area (Å²) >= 11 is 0. The zero-order valence-electron chi connectivity index (χ0n) is 11.0. The number of nitrogens with zero attached hydrogens (tertiary/aromatic N) is 3. The Balaban J connectivity index is 2.45. The second-order valence-corrected chi connectivity index (χ2v) is 6.14. The maximum Gasteiger partial charge on any atom is 0.245 e. The van der Waals surface area contributed by atoms with E-state index in [4.69, 9.17) is 0 Å². The van der Waals surface area contributed by atoms with Crippen molar-refractivity contribution >= 4 is 21.1 Å². The van der Waals surface area contributed by atoms with Gasteiger partial charge in [0.2, 0.25) is 10.0 Å². The van der Waals surface area contributed by atoms with E-state index < -0.39 is 10.0 Å². The molecule has 0 bridgehead atoms. The van der Waals surface area contributed by atoms with Crippen LogP contribution in [0, 0.1) is 0 Å². The summed E-state index contributed by atoms with van der Waals surface area (Å²) in [7, 11) is -3.55. The minimum absolute atomic E-state index is 0.157. The second-order valence-electron chi connectivity index (χ2n) is 4.24. The van der Waals surface area contributed by atoms with Crippen molar-refractivity contribution in [1.29, 1.82) is 0 Å². The lowest BCUT2D eigenvalue weighted by Crippen LogP contribution is -2.32. The summed E-state index contributed by atoms with van der Waals surface area (Å²) in [5, 5.41) is 7.36. The predicted octanol–water partition coefficient (Wildman–Crippen LogP) is 2.03. The maximum atomic E-state index is 12.6. The van der Waals surface area contributed by atoms with E-state index in [9.17, 15) is 8.42 Å². The molecule has 0 aliphatic rings. The van der Waals surface area contributed by atoms with Crippen molar-refractivity contribution in [2.45, 2.75) is 31.6 Å². The van der Waals surface area contributed by atoms with Gasteiger partial charge in [-0.1, -0.05) is 26.3 Å². The molecule has 1 aromatic carbocycles. The summed E-state index contributed by atoms with van der Waals surface area (Å²) in [6.45, 7) is 4.80. The summed E-state index contributed by atoms with van der Waals surface area (Å²) in [5.74, 6) is 0. The van der Waals surface area contributed by atoms with E-state index in [0.717, 1.165) is 12.8 Å². The molecule has 1 heterocycles. The molecule has 0 N–H and O–H groups in total. The molecule has 2 rings (SSSR count). The molecule has 0 unspecified atom stereocenters. The molecule has 2 aromatic rings. The molecular formula is C12H17N3O3S. The van der Waals surface area contributed by atoms with Crippen molar-refractivity contribution in [1.82, 2.24) is 14.6 Å². The third-order valence-electron chi connectivity index (χ3n) is 2.98. The molecule has 0 spiro atoms. The number of hydrogen-bond donors (Lipinski definition) is 0. The van der Waals surface area contributed by atoms with Crippen LogP contribution in [0.25, 0.3) is 11.0 Å². The van der Waals surface area contributed by atoms with E-state index in [1.54, 1.807) is 12.1 Å². The van der Waals surface area contributed by atoms with Gasteiger partial charge < -0.3 is 0 Å². The van der Waals surface area contributed by atoms with Crippen LogP contribution >= 0.6 is 0 Å². The van der Waals surface area contributed by atoms with Crippen molar-refractivity contribution in [3.8, 4) is 0 Å². The van der Waals surface area contributed by atoms with E-state index in [1.165, 1.54) is 10.4 Å². The number of fused-ring (bicyclic) bond motifs is 1. The van der Waals surface area contributed by atoms with Crippen LogP contribution in [0.1, 0.15) is 26.7 Å². The first-order valence-electron chi connectivity index (χ1n) is 6.32. The SMILES string of the molecule is CCCCN(CC)S(=O)(=O)c1cccc2nonc12. The molecule has 0 atom stereocenters. The van der Waals surface area contributed by atoms with Crippen molar-refractivity contribution in [3.63, 3.8) is 0 Å². The van der Waals surface area contributed by atoms with Gasteiger partial charge >= 0.3 is 0 Å². The Morgan fingerprint density at radius 3 is 2.74 bits per heavy atom. The summed E-state index contributed by atoms with van der Waals surface area (Å²) in [5.41, 5.74) is 0.741. The van der Waals surface area contributed by atoms with Crippen molar-refractivity contribution < 1.29 is 13.0 Å². The quantitative estimate of drug-likeness (QED) is 0.810. The lowest BCUT2D eigenvalue weighted by Gasteiger charge is -2.20. The van der Waals surface area contributed by atoms with E-state index in [2.05, 4.69) is 14.9 Å². The van der Waals surface area contributed by atoms with Crippen molar-refractivity contribution in [2.75, 3.05) is 13.1 Å². The highest BCUT2D eigenvalue weighted by molar-refractivity contribution is 7.89. The van der Waals surface area contributed by atoms with Gasteiger partial charge in [-0.3, -0.25) is 0 Å². The average molecular weight is 283 g/mol. The van der Waals surface area contributed by atoms with Gasteiger partial charge in [-0.25, -0.2) is 13.0 Å². The first-order chi connectivity index (χ1) is 9.11. The van der Waals surface area contributed by atoms with Crippen LogP contribution < -0.4 is 0 Å². The Morgan fingerprint density at radius 2 is 2.05 bits per heavy atom. The molecule has 6 nitrogen and oxygen atoms in total. The van der Waals surface area contributed by atoms with Crippen LogP contribution in [0.4, 0.5) is 0 Å². The lowest BCUT2D eigenvalue weighted by molar-refractivity contribution is 0.315. The van der Waals surface area contributed by atoms with Gasteiger partial charge in [-0.15, -0.1) is 0 Å². The molecule has 0 saturated heterocycles. The fourth-order valence-corrected chi connectivity index (χ4v) is 3.54. The molecule has 0 aliphatic carbocycles. The standard InChI is InChI=1S/C12H17N3O3S/c1-3-5-9-15(4-2)19(16,17)11-8-6-7-10-12(11)14-18-13-10/h6-8H,3-5,9H2,1-2H3. The van der Waals surface area contributed by atoms with Gasteiger partial charge in [0.25, 0.3) is 0 Å². The van der Waals surface area contributed by atoms with Crippen molar-refractivity contribution in [2.24, 2.45) is 0 Å². The topological polar surface area (TPSA) is 76.3 Å².